The number of hydrogen-bond acceptors (Lipinski definition) is 3. The zero-order chi connectivity index (χ0) is 16.1. The molecule has 0 radical (unpaired) electrons. The number of benzene rings is 1. The average molecular weight is 306 g/mol. The molecule has 0 unspecified atom stereocenters. The third-order valence-corrected chi connectivity index (χ3v) is 3.98. The molecule has 22 heavy (non-hydrogen) atoms. The SMILES string of the molecule is CC(C)CC(=O)N1CC[NH+](Cc2cccc([N+](=O)[O-])c2)CC1. The molecule has 0 spiro atoms. The molecule has 6 heteroatoms. The number of nitrogens with zero attached hydrogens (tertiary/aromatic N) is 2. The number of amides is 1. The van der Waals surface area contributed by atoms with E-state index in [-0.39, 0.29) is 16.5 Å². The van der Waals surface area contributed by atoms with Gasteiger partial charge in [-0.3, -0.25) is 14.9 Å². The van der Waals surface area contributed by atoms with E-state index < -0.39 is 0 Å². The molecule has 0 saturated carbocycles. The maximum Gasteiger partial charge on any atom is 0.269 e. The number of non-ortho nitro benzene ring substituents is 1. The number of carbonyl (C=O) groups is 1. The minimum Gasteiger partial charge on any atom is -0.331 e. The summed E-state index contributed by atoms with van der Waals surface area (Å²) in [5.74, 6) is 0.632. The molecule has 2 rings (SSSR count). The lowest BCUT2D eigenvalue weighted by Gasteiger charge is -2.32. The van der Waals surface area contributed by atoms with Crippen LogP contribution in [0.5, 0.6) is 0 Å². The van der Waals surface area contributed by atoms with Gasteiger partial charge < -0.3 is 9.80 Å². The van der Waals surface area contributed by atoms with Gasteiger partial charge in [0.15, 0.2) is 0 Å². The van der Waals surface area contributed by atoms with E-state index in [1.54, 1.807) is 12.1 Å². The Labute approximate surface area is 130 Å². The van der Waals surface area contributed by atoms with E-state index in [1.807, 2.05) is 11.0 Å². The lowest BCUT2D eigenvalue weighted by atomic mass is 10.1. The van der Waals surface area contributed by atoms with E-state index in [9.17, 15) is 14.9 Å². The number of rotatable bonds is 5. The highest BCUT2D eigenvalue weighted by Crippen LogP contribution is 2.12. The predicted octanol–water partition coefficient (Wildman–Crippen LogP) is 0.868. The van der Waals surface area contributed by atoms with Crippen LogP contribution >= 0.6 is 0 Å². The molecule has 0 aliphatic carbocycles. The summed E-state index contributed by atoms with van der Waals surface area (Å²) in [4.78, 5) is 25.8. The summed E-state index contributed by atoms with van der Waals surface area (Å²) < 4.78 is 0. The molecule has 1 heterocycles. The fraction of sp³-hybridized carbons (Fsp3) is 0.562. The molecule has 120 valence electrons. The number of quaternary nitrogens is 1. The van der Waals surface area contributed by atoms with Crippen molar-refractivity contribution >= 4 is 11.6 Å². The largest absolute Gasteiger partial charge is 0.331 e. The monoisotopic (exact) mass is 306 g/mol. The summed E-state index contributed by atoms with van der Waals surface area (Å²) in [6.07, 6.45) is 0.611. The van der Waals surface area contributed by atoms with Crippen molar-refractivity contribution in [2.24, 2.45) is 5.92 Å². The Balaban J connectivity index is 1.86. The highest BCUT2D eigenvalue weighted by atomic mass is 16.6. The second kappa shape index (κ2) is 7.35. The molecule has 6 nitrogen and oxygen atoms in total. The van der Waals surface area contributed by atoms with Crippen LogP contribution in [0, 0.1) is 16.0 Å². The Kier molecular flexibility index (Phi) is 5.49. The van der Waals surface area contributed by atoms with Crippen LogP contribution in [-0.2, 0) is 11.3 Å². The molecule has 1 amide bonds. The molecular weight excluding hydrogens is 282 g/mol. The van der Waals surface area contributed by atoms with Crippen molar-refractivity contribution in [3.63, 3.8) is 0 Å². The molecule has 0 atom stereocenters. The van der Waals surface area contributed by atoms with E-state index in [0.29, 0.717) is 12.3 Å². The van der Waals surface area contributed by atoms with Gasteiger partial charge in [0, 0.05) is 24.1 Å². The van der Waals surface area contributed by atoms with Gasteiger partial charge in [0.25, 0.3) is 5.69 Å². The molecule has 1 aromatic carbocycles. The van der Waals surface area contributed by atoms with Crippen molar-refractivity contribution in [2.75, 3.05) is 26.2 Å². The zero-order valence-electron chi connectivity index (χ0n) is 13.2. The van der Waals surface area contributed by atoms with Crippen molar-refractivity contribution in [2.45, 2.75) is 26.8 Å². The van der Waals surface area contributed by atoms with E-state index >= 15 is 0 Å². The first-order valence-electron chi connectivity index (χ1n) is 7.80. The number of nitrogens with one attached hydrogen (secondary N) is 1. The molecule has 1 aliphatic rings. The topological polar surface area (TPSA) is 67.9 Å². The van der Waals surface area contributed by atoms with Gasteiger partial charge in [0.1, 0.15) is 6.54 Å². The zero-order valence-corrected chi connectivity index (χ0v) is 13.2. The first-order chi connectivity index (χ1) is 10.5. The van der Waals surface area contributed by atoms with Gasteiger partial charge in [0.2, 0.25) is 5.91 Å². The fourth-order valence-electron chi connectivity index (χ4n) is 2.80. The quantitative estimate of drug-likeness (QED) is 0.648. The van der Waals surface area contributed by atoms with Crippen molar-refractivity contribution in [3.05, 3.63) is 39.9 Å². The molecule has 1 aromatic rings. The summed E-state index contributed by atoms with van der Waals surface area (Å²) in [5.41, 5.74) is 1.12. The molecule has 1 N–H and O–H groups in total. The summed E-state index contributed by atoms with van der Waals surface area (Å²) in [6.45, 7) is 8.22. The minimum absolute atomic E-state index is 0.141. The number of hydrogen-bond donors (Lipinski definition) is 1. The number of carbonyl (C=O) groups excluding carboxylic acids is 1. The lowest BCUT2D eigenvalue weighted by molar-refractivity contribution is -0.917. The van der Waals surface area contributed by atoms with E-state index in [0.717, 1.165) is 38.3 Å². The number of piperazine rings is 1. The van der Waals surface area contributed by atoms with Crippen LogP contribution < -0.4 is 4.90 Å². The lowest BCUT2D eigenvalue weighted by Crippen LogP contribution is -3.13. The Hall–Kier alpha value is -1.95. The van der Waals surface area contributed by atoms with Crippen LogP contribution in [0.25, 0.3) is 0 Å². The van der Waals surface area contributed by atoms with Gasteiger partial charge >= 0.3 is 0 Å². The molecule has 1 fully saturated rings. The Morgan fingerprint density at radius 1 is 1.36 bits per heavy atom. The van der Waals surface area contributed by atoms with Gasteiger partial charge in [-0.15, -0.1) is 0 Å². The van der Waals surface area contributed by atoms with Crippen molar-refractivity contribution < 1.29 is 14.6 Å². The van der Waals surface area contributed by atoms with Gasteiger partial charge in [0.05, 0.1) is 31.1 Å². The Bertz CT molecular complexity index is 537. The highest BCUT2D eigenvalue weighted by molar-refractivity contribution is 5.76. The van der Waals surface area contributed by atoms with Gasteiger partial charge in [-0.2, -0.15) is 0 Å². The minimum atomic E-state index is -0.360. The van der Waals surface area contributed by atoms with Crippen LogP contribution in [-0.4, -0.2) is 41.9 Å². The third-order valence-electron chi connectivity index (χ3n) is 3.98. The standard InChI is InChI=1S/C16H23N3O3/c1-13(2)10-16(20)18-8-6-17(7-9-18)12-14-4-3-5-15(11-14)19(21)22/h3-5,11,13H,6-10,12H2,1-2H3/p+1. The van der Waals surface area contributed by atoms with Crippen LogP contribution in [0.3, 0.4) is 0 Å². The van der Waals surface area contributed by atoms with Crippen molar-refractivity contribution in [1.82, 2.24) is 4.90 Å². The molecule has 0 aromatic heterocycles. The van der Waals surface area contributed by atoms with E-state index in [1.165, 1.54) is 11.0 Å². The Morgan fingerprint density at radius 3 is 2.64 bits per heavy atom. The van der Waals surface area contributed by atoms with Crippen molar-refractivity contribution in [3.8, 4) is 0 Å². The third kappa shape index (κ3) is 4.53. The highest BCUT2D eigenvalue weighted by Gasteiger charge is 2.24. The second-order valence-electron chi connectivity index (χ2n) is 6.33. The second-order valence-corrected chi connectivity index (χ2v) is 6.33. The van der Waals surface area contributed by atoms with Gasteiger partial charge in [-0.05, 0) is 5.92 Å². The summed E-state index contributed by atoms with van der Waals surface area (Å²) in [7, 11) is 0. The first kappa shape index (κ1) is 16.4. The van der Waals surface area contributed by atoms with E-state index in [2.05, 4.69) is 13.8 Å². The number of nitro groups is 1. The molecule has 0 bridgehead atoms. The Morgan fingerprint density at radius 2 is 2.05 bits per heavy atom. The molecule has 1 aliphatic heterocycles. The first-order valence-corrected chi connectivity index (χ1v) is 7.80. The van der Waals surface area contributed by atoms with E-state index in [4.69, 9.17) is 0 Å². The van der Waals surface area contributed by atoms with Crippen LogP contribution in [0.15, 0.2) is 24.3 Å². The maximum atomic E-state index is 12.0. The van der Waals surface area contributed by atoms with Gasteiger partial charge in [-0.25, -0.2) is 0 Å². The summed E-state index contributed by atoms with van der Waals surface area (Å²) in [6, 6.07) is 6.82. The maximum absolute atomic E-state index is 12.0. The van der Waals surface area contributed by atoms with Crippen molar-refractivity contribution in [1.29, 1.82) is 0 Å². The predicted molar refractivity (Wildman–Crippen MR) is 83.5 cm³/mol. The summed E-state index contributed by atoms with van der Waals surface area (Å²) in [5, 5.41) is 10.8. The van der Waals surface area contributed by atoms with Crippen LogP contribution in [0.4, 0.5) is 5.69 Å². The van der Waals surface area contributed by atoms with Crippen LogP contribution in [0.1, 0.15) is 25.8 Å². The van der Waals surface area contributed by atoms with Gasteiger partial charge in [-0.1, -0.05) is 26.0 Å². The summed E-state index contributed by atoms with van der Waals surface area (Å²) >= 11 is 0. The average Bonchev–Trinajstić information content (AvgIpc) is 2.47. The number of nitro benzene ring substituents is 1. The molecule has 1 saturated heterocycles. The normalized spacial score (nSPS) is 16.0. The molecular formula is C16H24N3O3+. The fourth-order valence-corrected chi connectivity index (χ4v) is 2.80. The van der Waals surface area contributed by atoms with Crippen LogP contribution in [0.2, 0.25) is 0 Å². The smallest absolute Gasteiger partial charge is 0.269 e.